The van der Waals surface area contributed by atoms with Crippen molar-refractivity contribution in [1.82, 2.24) is 0 Å². The van der Waals surface area contributed by atoms with E-state index < -0.39 is 0 Å². The van der Waals surface area contributed by atoms with Crippen LogP contribution in [0.3, 0.4) is 0 Å². The molecule has 0 amide bonds. The van der Waals surface area contributed by atoms with Crippen molar-refractivity contribution < 1.29 is 14.2 Å². The Hall–Kier alpha value is -2.78. The molecule has 0 spiro atoms. The number of hydrogen-bond donors (Lipinski definition) is 0. The Kier molecular flexibility index (Phi) is 6.48. The molecule has 0 saturated heterocycles. The van der Waals surface area contributed by atoms with Gasteiger partial charge in [-0.05, 0) is 29.8 Å². The van der Waals surface area contributed by atoms with Crippen molar-refractivity contribution in [3.05, 3.63) is 96.6 Å². The summed E-state index contributed by atoms with van der Waals surface area (Å²) < 4.78 is 17.7. The second kappa shape index (κ2) is 9.50. The second-order valence-corrected chi connectivity index (χ2v) is 5.67. The Morgan fingerprint density at radius 2 is 1.00 bits per heavy atom. The molecule has 0 aliphatic heterocycles. The van der Waals surface area contributed by atoms with Crippen molar-refractivity contribution in [2.75, 3.05) is 13.2 Å². The molecule has 3 rings (SSSR count). The first-order valence-electron chi connectivity index (χ1n) is 8.41. The molecule has 3 nitrogen and oxygen atoms in total. The van der Waals surface area contributed by atoms with E-state index in [1.54, 1.807) is 0 Å². The highest BCUT2D eigenvalue weighted by atomic mass is 16.6. The van der Waals surface area contributed by atoms with Gasteiger partial charge in [0.1, 0.15) is 30.8 Å². The highest BCUT2D eigenvalue weighted by Crippen LogP contribution is 2.13. The minimum Gasteiger partial charge on any atom is -0.491 e. The highest BCUT2D eigenvalue weighted by molar-refractivity contribution is 5.22. The van der Waals surface area contributed by atoms with Crippen molar-refractivity contribution in [3.8, 4) is 11.5 Å². The third-order valence-electron chi connectivity index (χ3n) is 3.69. The van der Waals surface area contributed by atoms with E-state index in [9.17, 15) is 0 Å². The van der Waals surface area contributed by atoms with Crippen LogP contribution in [0.1, 0.15) is 5.56 Å². The topological polar surface area (TPSA) is 27.7 Å². The van der Waals surface area contributed by atoms with E-state index in [4.69, 9.17) is 14.2 Å². The van der Waals surface area contributed by atoms with Crippen LogP contribution >= 0.6 is 0 Å². The highest BCUT2D eigenvalue weighted by Gasteiger charge is 2.12. The van der Waals surface area contributed by atoms with E-state index >= 15 is 0 Å². The minimum absolute atomic E-state index is 0.166. The summed E-state index contributed by atoms with van der Waals surface area (Å²) in [6.07, 6.45) is -0.166. The zero-order valence-corrected chi connectivity index (χ0v) is 14.1. The third kappa shape index (κ3) is 5.98. The van der Waals surface area contributed by atoms with Crippen molar-refractivity contribution in [3.63, 3.8) is 0 Å². The molecule has 0 unspecified atom stereocenters. The maximum atomic E-state index is 6.02. The second-order valence-electron chi connectivity index (χ2n) is 5.67. The molecule has 0 aromatic heterocycles. The zero-order valence-electron chi connectivity index (χ0n) is 14.1. The lowest BCUT2D eigenvalue weighted by molar-refractivity contribution is -0.0167. The maximum absolute atomic E-state index is 6.02. The van der Waals surface area contributed by atoms with Gasteiger partial charge in [-0.25, -0.2) is 0 Å². The molecule has 0 saturated carbocycles. The van der Waals surface area contributed by atoms with Gasteiger partial charge in [-0.15, -0.1) is 0 Å². The molecule has 0 atom stereocenters. The van der Waals surface area contributed by atoms with E-state index in [2.05, 4.69) is 0 Å². The Morgan fingerprint density at radius 1 is 0.560 bits per heavy atom. The molecule has 0 aliphatic rings. The van der Waals surface area contributed by atoms with Crippen LogP contribution in [0.4, 0.5) is 0 Å². The predicted molar refractivity (Wildman–Crippen MR) is 98.9 cm³/mol. The van der Waals surface area contributed by atoms with Gasteiger partial charge in [0.05, 0.1) is 6.61 Å². The first-order chi connectivity index (χ1) is 12.4. The van der Waals surface area contributed by atoms with E-state index in [0.29, 0.717) is 19.8 Å². The molecular formula is C22H22O3. The van der Waals surface area contributed by atoms with Gasteiger partial charge < -0.3 is 14.2 Å². The molecule has 3 aromatic carbocycles. The number of hydrogen-bond acceptors (Lipinski definition) is 3. The Labute approximate surface area is 148 Å². The molecule has 0 bridgehead atoms. The molecule has 3 aromatic rings. The molecule has 0 heterocycles. The molecule has 0 aliphatic carbocycles. The number of benzene rings is 3. The summed E-state index contributed by atoms with van der Waals surface area (Å²) in [6, 6.07) is 29.6. The quantitative estimate of drug-likeness (QED) is 0.566. The molecule has 3 heteroatoms. The summed E-state index contributed by atoms with van der Waals surface area (Å²) in [4.78, 5) is 0. The van der Waals surface area contributed by atoms with Crippen molar-refractivity contribution in [1.29, 1.82) is 0 Å². The van der Waals surface area contributed by atoms with Gasteiger partial charge in [0.2, 0.25) is 0 Å². The Bertz CT molecular complexity index is 611. The molecule has 25 heavy (non-hydrogen) atoms. The van der Waals surface area contributed by atoms with E-state index in [-0.39, 0.29) is 6.10 Å². The summed E-state index contributed by atoms with van der Waals surface area (Å²) >= 11 is 0. The summed E-state index contributed by atoms with van der Waals surface area (Å²) in [6.45, 7) is 1.40. The molecule has 0 N–H and O–H groups in total. The van der Waals surface area contributed by atoms with Crippen molar-refractivity contribution in [2.24, 2.45) is 0 Å². The fourth-order valence-electron chi connectivity index (χ4n) is 2.34. The van der Waals surface area contributed by atoms with Gasteiger partial charge in [0.15, 0.2) is 0 Å². The van der Waals surface area contributed by atoms with Gasteiger partial charge in [0.25, 0.3) is 0 Å². The largest absolute Gasteiger partial charge is 0.491 e. The summed E-state index contributed by atoms with van der Waals surface area (Å²) in [7, 11) is 0. The fourth-order valence-corrected chi connectivity index (χ4v) is 2.34. The fraction of sp³-hybridized carbons (Fsp3) is 0.182. The smallest absolute Gasteiger partial charge is 0.126 e. The van der Waals surface area contributed by atoms with Gasteiger partial charge in [-0.2, -0.15) is 0 Å². The van der Waals surface area contributed by atoms with Crippen LogP contribution in [-0.2, 0) is 11.3 Å². The van der Waals surface area contributed by atoms with Gasteiger partial charge in [-0.1, -0.05) is 66.7 Å². The van der Waals surface area contributed by atoms with Crippen molar-refractivity contribution in [2.45, 2.75) is 12.7 Å². The molecular weight excluding hydrogens is 312 g/mol. The predicted octanol–water partition coefficient (Wildman–Crippen LogP) is 4.73. The normalized spacial score (nSPS) is 10.6. The molecule has 0 radical (unpaired) electrons. The minimum atomic E-state index is -0.166. The summed E-state index contributed by atoms with van der Waals surface area (Å²) in [5, 5.41) is 0. The lowest BCUT2D eigenvalue weighted by Crippen LogP contribution is -2.28. The van der Waals surface area contributed by atoms with Crippen LogP contribution in [-0.4, -0.2) is 19.3 Å². The van der Waals surface area contributed by atoms with Crippen molar-refractivity contribution >= 4 is 0 Å². The van der Waals surface area contributed by atoms with Crippen LogP contribution in [0.15, 0.2) is 91.0 Å². The van der Waals surface area contributed by atoms with Gasteiger partial charge >= 0.3 is 0 Å². The van der Waals surface area contributed by atoms with Crippen LogP contribution in [0.2, 0.25) is 0 Å². The maximum Gasteiger partial charge on any atom is 0.126 e. The number of ether oxygens (including phenoxy) is 3. The van der Waals surface area contributed by atoms with Crippen LogP contribution < -0.4 is 9.47 Å². The lowest BCUT2D eigenvalue weighted by Gasteiger charge is -2.19. The van der Waals surface area contributed by atoms with Crippen LogP contribution in [0.25, 0.3) is 0 Å². The zero-order chi connectivity index (χ0) is 17.2. The number of para-hydroxylation sites is 2. The van der Waals surface area contributed by atoms with Gasteiger partial charge in [0, 0.05) is 0 Å². The van der Waals surface area contributed by atoms with Crippen LogP contribution in [0.5, 0.6) is 11.5 Å². The summed E-state index contributed by atoms with van der Waals surface area (Å²) in [5.74, 6) is 1.66. The average Bonchev–Trinajstić information content (AvgIpc) is 2.70. The SMILES string of the molecule is c1ccc(COC(COc2ccccc2)COc2ccccc2)cc1. The van der Waals surface area contributed by atoms with E-state index in [1.807, 2.05) is 91.0 Å². The Morgan fingerprint density at radius 3 is 1.48 bits per heavy atom. The first-order valence-corrected chi connectivity index (χ1v) is 8.41. The number of rotatable bonds is 9. The monoisotopic (exact) mass is 334 g/mol. The average molecular weight is 334 g/mol. The first kappa shape index (κ1) is 17.1. The standard InChI is InChI=1S/C22H22O3/c1-4-10-19(11-5-1)16-23-22(17-24-20-12-6-2-7-13-20)18-25-21-14-8-3-9-15-21/h1-15,22H,16-18H2. The Balaban J connectivity index is 1.56. The van der Waals surface area contributed by atoms with Gasteiger partial charge in [-0.3, -0.25) is 0 Å². The van der Waals surface area contributed by atoms with E-state index in [0.717, 1.165) is 17.1 Å². The molecule has 128 valence electrons. The third-order valence-corrected chi connectivity index (χ3v) is 3.69. The van der Waals surface area contributed by atoms with Crippen LogP contribution in [0, 0.1) is 0 Å². The molecule has 0 fully saturated rings. The lowest BCUT2D eigenvalue weighted by atomic mass is 10.2. The summed E-state index contributed by atoms with van der Waals surface area (Å²) in [5.41, 5.74) is 1.13. The van der Waals surface area contributed by atoms with E-state index in [1.165, 1.54) is 0 Å².